The van der Waals surface area contributed by atoms with Crippen molar-refractivity contribution < 1.29 is 0 Å². The highest BCUT2D eigenvalue weighted by atomic mass is 35.5. The van der Waals surface area contributed by atoms with Crippen LogP contribution in [0.2, 0.25) is 5.02 Å². The van der Waals surface area contributed by atoms with E-state index in [-0.39, 0.29) is 0 Å². The molecule has 1 aliphatic carbocycles. The Labute approximate surface area is 96.8 Å². The summed E-state index contributed by atoms with van der Waals surface area (Å²) in [5.41, 5.74) is 2.76. The van der Waals surface area contributed by atoms with Gasteiger partial charge in [-0.2, -0.15) is 8.75 Å². The van der Waals surface area contributed by atoms with Crippen LogP contribution in [0.4, 0.5) is 5.69 Å². The van der Waals surface area contributed by atoms with Gasteiger partial charge in [0.25, 0.3) is 0 Å². The van der Waals surface area contributed by atoms with Crippen LogP contribution in [-0.2, 0) is 0 Å². The van der Waals surface area contributed by atoms with Gasteiger partial charge in [0.2, 0.25) is 0 Å². The lowest BCUT2D eigenvalue weighted by molar-refractivity contribution is 0.890. The molecule has 0 spiro atoms. The molecule has 1 aromatic heterocycles. The SMILES string of the molecule is Clc1ccc2nsnc2c1NCC1CC1. The molecule has 0 saturated heterocycles. The van der Waals surface area contributed by atoms with E-state index in [1.807, 2.05) is 12.1 Å². The lowest BCUT2D eigenvalue weighted by Gasteiger charge is -2.07. The smallest absolute Gasteiger partial charge is 0.129 e. The molecule has 1 heterocycles. The fraction of sp³-hybridized carbons (Fsp3) is 0.400. The molecule has 1 saturated carbocycles. The summed E-state index contributed by atoms with van der Waals surface area (Å²) in [6, 6.07) is 3.78. The van der Waals surface area contributed by atoms with E-state index in [1.54, 1.807) is 0 Å². The second-order valence-corrected chi connectivity index (χ2v) is 4.81. The molecule has 0 bridgehead atoms. The molecule has 1 aromatic carbocycles. The van der Waals surface area contributed by atoms with Crippen molar-refractivity contribution in [2.24, 2.45) is 5.92 Å². The van der Waals surface area contributed by atoms with Crippen molar-refractivity contribution in [1.29, 1.82) is 0 Å². The van der Waals surface area contributed by atoms with Crippen LogP contribution in [0.15, 0.2) is 12.1 Å². The molecule has 3 nitrogen and oxygen atoms in total. The second kappa shape index (κ2) is 3.61. The molecule has 0 radical (unpaired) electrons. The number of nitrogens with one attached hydrogen (secondary N) is 1. The van der Waals surface area contributed by atoms with Crippen molar-refractivity contribution in [3.63, 3.8) is 0 Å². The first-order valence-corrected chi connectivity index (χ1v) is 6.10. The van der Waals surface area contributed by atoms with E-state index < -0.39 is 0 Å². The van der Waals surface area contributed by atoms with Crippen molar-refractivity contribution in [2.75, 3.05) is 11.9 Å². The molecule has 0 unspecified atom stereocenters. The third-order valence-electron chi connectivity index (χ3n) is 2.64. The van der Waals surface area contributed by atoms with Gasteiger partial charge in [0, 0.05) is 6.54 Å². The van der Waals surface area contributed by atoms with E-state index in [0.29, 0.717) is 0 Å². The highest BCUT2D eigenvalue weighted by Crippen LogP contribution is 2.33. The molecular weight excluding hydrogens is 230 g/mol. The predicted octanol–water partition coefficient (Wildman–Crippen LogP) is 3.17. The third-order valence-corrected chi connectivity index (χ3v) is 3.50. The summed E-state index contributed by atoms with van der Waals surface area (Å²) in [4.78, 5) is 0. The second-order valence-electron chi connectivity index (χ2n) is 3.88. The molecule has 0 aliphatic heterocycles. The Balaban J connectivity index is 1.97. The number of anilines is 1. The van der Waals surface area contributed by atoms with Crippen LogP contribution in [-0.4, -0.2) is 15.3 Å². The molecular formula is C10H10ClN3S. The number of rotatable bonds is 3. The summed E-state index contributed by atoms with van der Waals surface area (Å²) in [5, 5.41) is 4.11. The number of nitrogens with zero attached hydrogens (tertiary/aromatic N) is 2. The van der Waals surface area contributed by atoms with Gasteiger partial charge < -0.3 is 5.32 Å². The van der Waals surface area contributed by atoms with Gasteiger partial charge in [-0.1, -0.05) is 11.6 Å². The lowest BCUT2D eigenvalue weighted by Crippen LogP contribution is -2.04. The van der Waals surface area contributed by atoms with Gasteiger partial charge in [-0.3, -0.25) is 0 Å². The van der Waals surface area contributed by atoms with Gasteiger partial charge in [0.15, 0.2) is 0 Å². The van der Waals surface area contributed by atoms with E-state index in [1.165, 1.54) is 24.6 Å². The number of benzene rings is 1. The predicted molar refractivity (Wildman–Crippen MR) is 63.6 cm³/mol. The Kier molecular flexibility index (Phi) is 2.25. The van der Waals surface area contributed by atoms with Gasteiger partial charge in [-0.05, 0) is 30.9 Å². The van der Waals surface area contributed by atoms with Gasteiger partial charge in [-0.25, -0.2) is 0 Å². The number of halogens is 1. The minimum Gasteiger partial charge on any atom is -0.382 e. The average molecular weight is 240 g/mol. The average Bonchev–Trinajstić information content (AvgIpc) is 2.93. The number of hydrogen-bond acceptors (Lipinski definition) is 4. The fourth-order valence-corrected chi connectivity index (χ4v) is 2.33. The van der Waals surface area contributed by atoms with Crippen molar-refractivity contribution >= 4 is 40.0 Å². The summed E-state index contributed by atoms with van der Waals surface area (Å²) in [7, 11) is 0. The highest BCUT2D eigenvalue weighted by Gasteiger charge is 2.21. The van der Waals surface area contributed by atoms with Crippen LogP contribution in [0, 0.1) is 5.92 Å². The zero-order chi connectivity index (χ0) is 10.3. The first kappa shape index (κ1) is 9.36. The van der Waals surface area contributed by atoms with E-state index in [2.05, 4.69) is 14.1 Å². The minimum absolute atomic E-state index is 0.732. The summed E-state index contributed by atoms with van der Waals surface area (Å²) in [6.45, 7) is 0.996. The van der Waals surface area contributed by atoms with Crippen LogP contribution in [0.3, 0.4) is 0 Å². The van der Waals surface area contributed by atoms with E-state index in [9.17, 15) is 0 Å². The van der Waals surface area contributed by atoms with Gasteiger partial charge >= 0.3 is 0 Å². The highest BCUT2D eigenvalue weighted by molar-refractivity contribution is 7.00. The number of aromatic nitrogens is 2. The van der Waals surface area contributed by atoms with Crippen molar-refractivity contribution in [2.45, 2.75) is 12.8 Å². The zero-order valence-electron chi connectivity index (χ0n) is 8.03. The lowest BCUT2D eigenvalue weighted by atomic mass is 10.2. The van der Waals surface area contributed by atoms with Crippen LogP contribution in [0.25, 0.3) is 11.0 Å². The summed E-state index contributed by atoms with van der Waals surface area (Å²) >= 11 is 7.37. The van der Waals surface area contributed by atoms with Crippen LogP contribution >= 0.6 is 23.3 Å². The molecule has 1 N–H and O–H groups in total. The monoisotopic (exact) mass is 239 g/mol. The van der Waals surface area contributed by atoms with Crippen LogP contribution in [0.5, 0.6) is 0 Å². The number of hydrogen-bond donors (Lipinski definition) is 1. The Morgan fingerprint density at radius 1 is 1.40 bits per heavy atom. The molecule has 3 rings (SSSR count). The quantitative estimate of drug-likeness (QED) is 0.894. The standard InChI is InChI=1S/C10H10ClN3S/c11-7-3-4-8-10(14-15-13-8)9(7)12-5-6-1-2-6/h3-4,6,12H,1-2,5H2. The fourth-order valence-electron chi connectivity index (χ4n) is 1.56. The summed E-state index contributed by atoms with van der Waals surface area (Å²) in [6.07, 6.45) is 2.66. The van der Waals surface area contributed by atoms with Gasteiger partial charge in [-0.15, -0.1) is 0 Å². The van der Waals surface area contributed by atoms with Gasteiger partial charge in [0.05, 0.1) is 22.4 Å². The molecule has 78 valence electrons. The van der Waals surface area contributed by atoms with E-state index >= 15 is 0 Å². The molecule has 0 amide bonds. The molecule has 0 atom stereocenters. The first-order valence-electron chi connectivity index (χ1n) is 4.99. The van der Waals surface area contributed by atoms with Crippen molar-refractivity contribution in [3.05, 3.63) is 17.2 Å². The summed E-state index contributed by atoms with van der Waals surface area (Å²) in [5.74, 6) is 0.822. The molecule has 15 heavy (non-hydrogen) atoms. The Bertz CT molecular complexity index is 492. The Morgan fingerprint density at radius 2 is 2.27 bits per heavy atom. The number of fused-ring (bicyclic) bond motifs is 1. The third kappa shape index (κ3) is 1.79. The normalized spacial score (nSPS) is 15.8. The maximum absolute atomic E-state index is 6.14. The molecule has 1 fully saturated rings. The van der Waals surface area contributed by atoms with Gasteiger partial charge in [0.1, 0.15) is 11.0 Å². The summed E-state index contributed by atoms with van der Waals surface area (Å²) < 4.78 is 8.46. The van der Waals surface area contributed by atoms with E-state index in [4.69, 9.17) is 11.6 Å². The largest absolute Gasteiger partial charge is 0.382 e. The molecule has 1 aliphatic rings. The molecule has 5 heteroatoms. The zero-order valence-corrected chi connectivity index (χ0v) is 9.61. The Hall–Kier alpha value is -0.870. The topological polar surface area (TPSA) is 37.8 Å². The maximum Gasteiger partial charge on any atom is 0.129 e. The van der Waals surface area contributed by atoms with Crippen molar-refractivity contribution in [3.8, 4) is 0 Å². The van der Waals surface area contributed by atoms with Crippen molar-refractivity contribution in [1.82, 2.24) is 8.75 Å². The van der Waals surface area contributed by atoms with E-state index in [0.717, 1.165) is 34.2 Å². The first-order chi connectivity index (χ1) is 7.34. The van der Waals surface area contributed by atoms with Crippen LogP contribution < -0.4 is 5.32 Å². The minimum atomic E-state index is 0.732. The van der Waals surface area contributed by atoms with Crippen LogP contribution in [0.1, 0.15) is 12.8 Å². The maximum atomic E-state index is 6.14. The molecule has 2 aromatic rings. The Morgan fingerprint density at radius 3 is 3.07 bits per heavy atom.